The molecule has 0 aromatic carbocycles. The number of nitrogens with zero attached hydrogens (tertiary/aromatic N) is 15. The van der Waals surface area contributed by atoms with Crippen LogP contribution in [-0.4, -0.2) is 190 Å². The van der Waals surface area contributed by atoms with Gasteiger partial charge in [0.25, 0.3) is 0 Å². The van der Waals surface area contributed by atoms with E-state index in [1.807, 2.05) is 39.0 Å². The van der Waals surface area contributed by atoms with Crippen molar-refractivity contribution in [1.82, 2.24) is 44.6 Å². The van der Waals surface area contributed by atoms with Gasteiger partial charge < -0.3 is 38.4 Å². The number of carbonyl (C=O) groups excluding carboxylic acids is 9. The largest absolute Gasteiger partial charge is 0.486 e. The summed E-state index contributed by atoms with van der Waals surface area (Å²) in [6, 6.07) is 15.5. The highest BCUT2D eigenvalue weighted by molar-refractivity contribution is 6.04. The lowest BCUT2D eigenvalue weighted by atomic mass is 9.77. The first-order valence-corrected chi connectivity index (χ1v) is 38.9. The molecule has 3 aliphatic carbocycles. The lowest BCUT2D eigenvalue weighted by Crippen LogP contribution is -2.42. The van der Waals surface area contributed by atoms with Crippen molar-refractivity contribution in [2.75, 3.05) is 91.2 Å². The number of hydrogen-bond acceptors (Lipinski definition) is 23. The minimum atomic E-state index is -0.451. The number of fused-ring (bicyclic) bond motifs is 3. The van der Waals surface area contributed by atoms with Gasteiger partial charge in [-0.1, -0.05) is 20.8 Å². The number of aromatic nitrogens is 6. The van der Waals surface area contributed by atoms with E-state index in [2.05, 4.69) is 64.1 Å². The van der Waals surface area contributed by atoms with Crippen molar-refractivity contribution < 1.29 is 66.8 Å². The van der Waals surface area contributed by atoms with Gasteiger partial charge in [-0.3, -0.25) is 59.4 Å². The minimum absolute atomic E-state index is 0.00840. The molecule has 32 nitrogen and oxygen atoms in total. The average molecular weight is 1550 g/mol. The van der Waals surface area contributed by atoms with E-state index in [4.69, 9.17) is 23.7 Å². The summed E-state index contributed by atoms with van der Waals surface area (Å²) in [4.78, 5) is 149. The predicted octanol–water partition coefficient (Wildman–Crippen LogP) is 9.62. The summed E-state index contributed by atoms with van der Waals surface area (Å²) in [6.07, 6.45) is 18.9. The van der Waals surface area contributed by atoms with E-state index in [1.165, 1.54) is 45.4 Å². The Labute approximate surface area is 659 Å². The molecular weight excluding hydrogens is 1460 g/mol. The number of anilines is 6. The SMILES string of the molecule is CO[C@@H]1CC[C@@H]1Cc1cc(NC(=O)N2CCCc3cc(CN4CC[C@H](C)C4=O)c(C=O)nc32)ncc1C#N.CO[C@@H]1CC[C@@H]1Oc1cc(NC(=O)N2CCCc3cc(CN4CC[C@@H](C)C4=O)c(C=O)nc32)ncc1C#N.CO[C@H]1CC[C@H]1Oc1cc(NC(=O)N2CCCc3cc(CN4CC[C@@H](C)C4=O)c(C=O)nc32)ncc1C#N. The molecule has 0 bridgehead atoms. The summed E-state index contributed by atoms with van der Waals surface area (Å²) >= 11 is 0. The highest BCUT2D eigenvalue weighted by Crippen LogP contribution is 2.39. The summed E-state index contributed by atoms with van der Waals surface area (Å²) in [5, 5.41) is 36.9. The van der Waals surface area contributed by atoms with Gasteiger partial charge in [-0.2, -0.15) is 15.8 Å². The van der Waals surface area contributed by atoms with Crippen molar-refractivity contribution in [2.45, 2.75) is 174 Å². The molecule has 12 heterocycles. The Hall–Kier alpha value is -11.9. The zero-order valence-corrected chi connectivity index (χ0v) is 64.7. The van der Waals surface area contributed by atoms with E-state index in [1.54, 1.807) is 42.1 Å². The predicted molar refractivity (Wildman–Crippen MR) is 413 cm³/mol. The second kappa shape index (κ2) is 35.8. The number of nitrogens with one attached hydrogen (secondary N) is 3. The van der Waals surface area contributed by atoms with Gasteiger partial charge in [0.1, 0.15) is 105 Å². The van der Waals surface area contributed by atoms with Gasteiger partial charge in [0, 0.05) is 133 Å². The molecule has 6 aliphatic heterocycles. The van der Waals surface area contributed by atoms with Crippen LogP contribution in [0.1, 0.15) is 185 Å². The lowest BCUT2D eigenvalue weighted by Gasteiger charge is -2.35. The van der Waals surface area contributed by atoms with Crippen LogP contribution in [0.2, 0.25) is 0 Å². The number of hydrogen-bond donors (Lipinski definition) is 3. The van der Waals surface area contributed by atoms with Crippen molar-refractivity contribution in [3.8, 4) is 29.7 Å². The first-order valence-electron chi connectivity index (χ1n) is 38.9. The smallest absolute Gasteiger partial charge is 0.328 e. The molecule has 0 spiro atoms. The molecule has 0 radical (unpaired) electrons. The molecule has 3 N–H and O–H groups in total. The number of rotatable bonds is 21. The Morgan fingerprint density at radius 3 is 1.06 bits per heavy atom. The van der Waals surface area contributed by atoms with E-state index < -0.39 is 18.1 Å². The first-order chi connectivity index (χ1) is 55.2. The summed E-state index contributed by atoms with van der Waals surface area (Å²) in [6.45, 7) is 9.98. The Morgan fingerprint density at radius 2 is 0.772 bits per heavy atom. The minimum Gasteiger partial charge on any atom is -0.486 e. The fourth-order valence-electron chi connectivity index (χ4n) is 15.8. The van der Waals surface area contributed by atoms with Gasteiger partial charge >= 0.3 is 18.1 Å². The molecule has 6 aromatic rings. The highest BCUT2D eigenvalue weighted by Gasteiger charge is 2.39. The van der Waals surface area contributed by atoms with Gasteiger partial charge in [-0.25, -0.2) is 44.3 Å². The van der Waals surface area contributed by atoms with Crippen molar-refractivity contribution in [3.05, 3.63) is 128 Å². The second-order valence-electron chi connectivity index (χ2n) is 30.3. The van der Waals surface area contributed by atoms with Crippen LogP contribution in [0.3, 0.4) is 0 Å². The Morgan fingerprint density at radius 1 is 0.439 bits per heavy atom. The van der Waals surface area contributed by atoms with Crippen LogP contribution >= 0.6 is 0 Å². The maximum absolute atomic E-state index is 13.3. The summed E-state index contributed by atoms with van der Waals surface area (Å²) in [7, 11) is 4.95. The number of methoxy groups -OCH3 is 3. The zero-order valence-electron chi connectivity index (χ0n) is 64.7. The van der Waals surface area contributed by atoms with Crippen LogP contribution in [0.5, 0.6) is 11.5 Å². The van der Waals surface area contributed by atoms with E-state index in [9.17, 15) is 58.9 Å². The molecule has 9 amide bonds. The van der Waals surface area contributed by atoms with E-state index in [-0.39, 0.29) is 106 Å². The Kier molecular flexibility index (Phi) is 25.2. The molecule has 6 aromatic heterocycles. The van der Waals surface area contributed by atoms with Gasteiger partial charge in [0.05, 0.1) is 36.3 Å². The number of carbonyl (C=O) groups is 9. The summed E-state index contributed by atoms with van der Waals surface area (Å²) < 4.78 is 28.2. The molecule has 15 rings (SSSR count). The van der Waals surface area contributed by atoms with E-state index >= 15 is 0 Å². The number of ether oxygens (including phenoxy) is 5. The molecule has 3 saturated carbocycles. The number of likely N-dealkylation sites (tertiary alicyclic amines) is 3. The maximum Gasteiger partial charge on any atom is 0.328 e. The van der Waals surface area contributed by atoms with Crippen molar-refractivity contribution >= 4 is 89.6 Å². The molecule has 0 unspecified atom stereocenters. The van der Waals surface area contributed by atoms with Crippen LogP contribution in [0.15, 0.2) is 55.0 Å². The van der Waals surface area contributed by atoms with E-state index in [0.29, 0.717) is 160 Å². The van der Waals surface area contributed by atoms with Crippen molar-refractivity contribution in [3.63, 3.8) is 0 Å². The first kappa shape index (κ1) is 80.1. The number of nitriles is 3. The monoisotopic (exact) mass is 1550 g/mol. The van der Waals surface area contributed by atoms with Gasteiger partial charge in [-0.05, 0) is 155 Å². The quantitative estimate of drug-likeness (QED) is 0.0564. The van der Waals surface area contributed by atoms with E-state index in [0.717, 1.165) is 106 Å². The van der Waals surface area contributed by atoms with Crippen LogP contribution in [0, 0.1) is 57.7 Å². The van der Waals surface area contributed by atoms with Gasteiger partial charge in [-0.15, -0.1) is 0 Å². The number of aryl methyl sites for hydroxylation is 3. The van der Waals surface area contributed by atoms with Crippen molar-refractivity contribution in [2.24, 2.45) is 23.7 Å². The summed E-state index contributed by atoms with van der Waals surface area (Å²) in [5.74, 6) is 3.33. The third kappa shape index (κ3) is 17.5. The molecule has 3 saturated heterocycles. The standard InChI is InChI=1S/C28H32N6O4.2C27H30N6O5/c1-17-7-9-33(27(17)36)15-21-11-19-4-3-8-34(26(19)31-23(21)16-35)28(37)32-25-12-20(22(13-29)14-30-25)10-18-5-6-24(18)38-2;2*1-16-7-9-32(26(16)35)14-18-10-17-4-3-8-33(25(17)30-20(18)15-34)27(36)31-24-11-23(19(12-28)13-29-24)38-22-6-5-21(22)37-2/h11-12,14,16-18,24H,3-10,15H2,1-2H3,(H,30,32,37);2*10-11,13,15-16,21-22H,3-9,14H2,1-2H3,(H,29,31,36)/t17-,18+,24+;16-,21+,22-;16-,21-,22+/m011/s1. The fourth-order valence-corrected chi connectivity index (χ4v) is 15.8. The zero-order chi connectivity index (χ0) is 80.4. The van der Waals surface area contributed by atoms with Gasteiger partial charge in [0.2, 0.25) is 17.7 Å². The third-order valence-electron chi connectivity index (χ3n) is 23.1. The van der Waals surface area contributed by atoms with Crippen LogP contribution in [-0.2, 0) is 73.9 Å². The van der Waals surface area contributed by atoms with Crippen molar-refractivity contribution in [1.29, 1.82) is 15.8 Å². The molecular formula is C82H92N18O14. The molecule has 9 aliphatic rings. The molecule has 9 atom stereocenters. The summed E-state index contributed by atoms with van der Waals surface area (Å²) in [5.41, 5.74) is 7.17. The van der Waals surface area contributed by atoms with Gasteiger partial charge in [0.15, 0.2) is 18.9 Å². The van der Waals surface area contributed by atoms with Crippen LogP contribution < -0.4 is 40.1 Å². The second-order valence-corrected chi connectivity index (χ2v) is 30.3. The topological polar surface area (TPSA) is 404 Å². The molecule has 6 fully saturated rings. The Bertz CT molecular complexity index is 4390. The third-order valence-corrected chi connectivity index (χ3v) is 23.1. The molecule has 32 heteroatoms. The number of urea groups is 3. The fraction of sp³-hybridized carbons (Fsp3) is 0.488. The number of aldehydes is 3. The normalized spacial score (nSPS) is 22.4. The maximum atomic E-state index is 13.3. The van der Waals surface area contributed by atoms with Crippen LogP contribution in [0.4, 0.5) is 49.3 Å². The Balaban J connectivity index is 0.000000149. The molecule has 114 heavy (non-hydrogen) atoms. The number of amides is 9. The number of pyridine rings is 6. The van der Waals surface area contributed by atoms with Crippen LogP contribution in [0.25, 0.3) is 0 Å². The lowest BCUT2D eigenvalue weighted by molar-refractivity contribution is -0.131. The highest BCUT2D eigenvalue weighted by atomic mass is 16.5. The average Bonchev–Trinajstić information content (AvgIpc) is 1.06. The molecule has 594 valence electrons.